The molecular weight excluding hydrogens is 394 g/mol. The predicted octanol–water partition coefficient (Wildman–Crippen LogP) is 0.563. The third-order valence-corrected chi connectivity index (χ3v) is 6.20. The highest BCUT2D eigenvalue weighted by atomic mass is 32.2. The molecule has 1 atom stereocenters. The van der Waals surface area contributed by atoms with Gasteiger partial charge in [-0.3, -0.25) is 9.69 Å². The number of primary amides is 1. The summed E-state index contributed by atoms with van der Waals surface area (Å²) < 4.78 is 27.5. The summed E-state index contributed by atoms with van der Waals surface area (Å²) in [6, 6.07) is 6.76. The van der Waals surface area contributed by atoms with Gasteiger partial charge in [-0.05, 0) is 43.5 Å². The SMILES string of the molecule is CS(=O)(=O)N=C(c1ccc(N2C[C@@]3(C(N)=O)[CH]CCN3C2=O)cc1)N1CCCC1. The van der Waals surface area contributed by atoms with E-state index in [2.05, 4.69) is 4.40 Å². The first-order valence-electron chi connectivity index (χ1n) is 9.60. The van der Waals surface area contributed by atoms with Crippen molar-refractivity contribution in [2.75, 3.05) is 37.3 Å². The highest BCUT2D eigenvalue weighted by molar-refractivity contribution is 7.89. The van der Waals surface area contributed by atoms with Crippen LogP contribution in [-0.2, 0) is 14.8 Å². The molecule has 3 heterocycles. The summed E-state index contributed by atoms with van der Waals surface area (Å²) in [5.41, 5.74) is 5.84. The van der Waals surface area contributed by atoms with E-state index in [1.165, 1.54) is 9.80 Å². The van der Waals surface area contributed by atoms with Crippen LogP contribution in [0.15, 0.2) is 28.7 Å². The van der Waals surface area contributed by atoms with Crippen LogP contribution in [0.1, 0.15) is 24.8 Å². The molecule has 1 aromatic rings. The number of benzene rings is 1. The zero-order valence-corrected chi connectivity index (χ0v) is 17.1. The number of sulfonamides is 1. The number of anilines is 1. The molecule has 29 heavy (non-hydrogen) atoms. The lowest BCUT2D eigenvalue weighted by Crippen LogP contribution is -2.53. The first kappa shape index (κ1) is 19.7. The van der Waals surface area contributed by atoms with Crippen molar-refractivity contribution in [3.05, 3.63) is 36.2 Å². The Morgan fingerprint density at radius 2 is 1.79 bits per heavy atom. The van der Waals surface area contributed by atoms with Gasteiger partial charge < -0.3 is 15.5 Å². The average molecular weight is 418 g/mol. The zero-order valence-electron chi connectivity index (χ0n) is 16.2. The third kappa shape index (κ3) is 3.45. The lowest BCUT2D eigenvalue weighted by Gasteiger charge is -2.25. The van der Waals surface area contributed by atoms with Crippen LogP contribution in [0.3, 0.4) is 0 Å². The van der Waals surface area contributed by atoms with Crippen molar-refractivity contribution < 1.29 is 18.0 Å². The number of nitrogens with two attached hydrogens (primary N) is 1. The monoisotopic (exact) mass is 418 g/mol. The maximum Gasteiger partial charge on any atom is 0.325 e. The van der Waals surface area contributed by atoms with E-state index in [0.717, 1.165) is 32.2 Å². The lowest BCUT2D eigenvalue weighted by atomic mass is 9.96. The van der Waals surface area contributed by atoms with Crippen molar-refractivity contribution in [2.45, 2.75) is 24.8 Å². The van der Waals surface area contributed by atoms with E-state index in [0.29, 0.717) is 30.1 Å². The maximum absolute atomic E-state index is 12.8. The van der Waals surface area contributed by atoms with Crippen molar-refractivity contribution in [3.8, 4) is 0 Å². The Hall–Kier alpha value is -2.62. The van der Waals surface area contributed by atoms with Crippen LogP contribution in [0.25, 0.3) is 0 Å². The summed E-state index contributed by atoms with van der Waals surface area (Å²) in [6.07, 6.45) is 5.51. The first-order valence-corrected chi connectivity index (χ1v) is 11.4. The van der Waals surface area contributed by atoms with Gasteiger partial charge in [0.15, 0.2) is 0 Å². The number of hydrogen-bond acceptors (Lipinski definition) is 4. The summed E-state index contributed by atoms with van der Waals surface area (Å²) >= 11 is 0. The molecule has 155 valence electrons. The molecule has 0 spiro atoms. The number of likely N-dealkylation sites (tertiary alicyclic amines) is 1. The third-order valence-electron chi connectivity index (χ3n) is 5.70. The number of rotatable bonds is 4. The molecule has 0 bridgehead atoms. The minimum atomic E-state index is -3.55. The number of fused-ring (bicyclic) bond motifs is 1. The second-order valence-electron chi connectivity index (χ2n) is 7.69. The highest BCUT2D eigenvalue weighted by Gasteiger charge is 2.56. The van der Waals surface area contributed by atoms with Gasteiger partial charge in [0, 0.05) is 37.3 Å². The standard InChI is InChI=1S/C19H24N5O4S/c1-29(27,28)21-16(22-10-2-3-11-22)14-5-7-15(8-6-14)23-13-19(17(20)25)9-4-12-24(19)18(23)26/h5-9H,2-4,10-13H2,1H3,(H2,20,25)/t19-/m1/s1. The Bertz CT molecular complexity index is 969. The normalized spacial score (nSPS) is 25.1. The molecule has 3 aliphatic heterocycles. The van der Waals surface area contributed by atoms with Crippen LogP contribution in [-0.4, -0.2) is 74.0 Å². The second kappa shape index (κ2) is 7.01. The van der Waals surface area contributed by atoms with Crippen molar-refractivity contribution >= 4 is 33.5 Å². The van der Waals surface area contributed by atoms with Gasteiger partial charge in [0.25, 0.3) is 10.0 Å². The summed E-state index contributed by atoms with van der Waals surface area (Å²) in [6.45, 7) is 2.16. The van der Waals surface area contributed by atoms with Crippen LogP contribution < -0.4 is 10.6 Å². The van der Waals surface area contributed by atoms with Gasteiger partial charge in [0.2, 0.25) is 5.91 Å². The predicted molar refractivity (Wildman–Crippen MR) is 109 cm³/mol. The Morgan fingerprint density at radius 1 is 1.14 bits per heavy atom. The van der Waals surface area contributed by atoms with Crippen molar-refractivity contribution in [2.24, 2.45) is 10.1 Å². The van der Waals surface area contributed by atoms with Gasteiger partial charge in [-0.25, -0.2) is 13.2 Å². The molecule has 2 N–H and O–H groups in total. The number of urea groups is 1. The molecule has 0 saturated carbocycles. The fraction of sp³-hybridized carbons (Fsp3) is 0.474. The Balaban J connectivity index is 1.63. The Labute approximate surface area is 170 Å². The molecule has 10 heteroatoms. The molecule has 1 aromatic carbocycles. The molecule has 1 radical (unpaired) electrons. The van der Waals surface area contributed by atoms with Gasteiger partial charge in [0.05, 0.1) is 12.8 Å². The van der Waals surface area contributed by atoms with E-state index in [1.54, 1.807) is 24.3 Å². The molecule has 0 aliphatic carbocycles. The average Bonchev–Trinajstić information content (AvgIpc) is 3.37. The Kier molecular flexibility index (Phi) is 4.76. The van der Waals surface area contributed by atoms with Gasteiger partial charge in [-0.2, -0.15) is 0 Å². The molecule has 0 aromatic heterocycles. The first-order chi connectivity index (χ1) is 13.7. The number of amidine groups is 1. The van der Waals surface area contributed by atoms with E-state index in [-0.39, 0.29) is 12.6 Å². The molecule has 3 amide bonds. The van der Waals surface area contributed by atoms with Crippen molar-refractivity contribution in [1.82, 2.24) is 9.80 Å². The highest BCUT2D eigenvalue weighted by Crippen LogP contribution is 2.38. The van der Waals surface area contributed by atoms with Crippen LogP contribution >= 0.6 is 0 Å². The summed E-state index contributed by atoms with van der Waals surface area (Å²) in [5, 5.41) is 0. The van der Waals surface area contributed by atoms with Gasteiger partial charge in [-0.1, -0.05) is 0 Å². The van der Waals surface area contributed by atoms with Crippen LogP contribution in [0, 0.1) is 6.42 Å². The van der Waals surface area contributed by atoms with E-state index >= 15 is 0 Å². The largest absolute Gasteiger partial charge is 0.368 e. The Morgan fingerprint density at radius 3 is 2.34 bits per heavy atom. The molecule has 0 unspecified atom stereocenters. The summed E-state index contributed by atoms with van der Waals surface area (Å²) in [4.78, 5) is 29.9. The molecule has 9 nitrogen and oxygen atoms in total. The van der Waals surface area contributed by atoms with Gasteiger partial charge in [-0.15, -0.1) is 4.40 Å². The fourth-order valence-electron chi connectivity index (χ4n) is 4.30. The molecule has 4 rings (SSSR count). The topological polar surface area (TPSA) is 116 Å². The van der Waals surface area contributed by atoms with E-state index < -0.39 is 21.5 Å². The fourth-order valence-corrected chi connectivity index (χ4v) is 4.83. The molecule has 3 fully saturated rings. The van der Waals surface area contributed by atoms with Gasteiger partial charge in [0.1, 0.15) is 11.4 Å². The maximum atomic E-state index is 12.8. The summed E-state index contributed by atoms with van der Waals surface area (Å²) in [5.74, 6) is -0.106. The minimum absolute atomic E-state index is 0.178. The second-order valence-corrected chi connectivity index (χ2v) is 9.34. The molecule has 3 saturated heterocycles. The smallest absolute Gasteiger partial charge is 0.325 e. The number of amides is 3. The van der Waals surface area contributed by atoms with E-state index in [1.807, 2.05) is 11.3 Å². The van der Waals surface area contributed by atoms with E-state index in [4.69, 9.17) is 5.73 Å². The zero-order chi connectivity index (χ0) is 20.8. The van der Waals surface area contributed by atoms with Crippen LogP contribution in [0.4, 0.5) is 10.5 Å². The molecule has 3 aliphatic rings. The van der Waals surface area contributed by atoms with Crippen LogP contribution in [0.5, 0.6) is 0 Å². The number of hydrogen-bond donors (Lipinski definition) is 1. The molecular formula is C19H24N5O4S. The minimum Gasteiger partial charge on any atom is -0.368 e. The number of carbonyl (C=O) groups is 2. The van der Waals surface area contributed by atoms with Crippen LogP contribution in [0.2, 0.25) is 0 Å². The van der Waals surface area contributed by atoms with Crippen molar-refractivity contribution in [3.63, 3.8) is 0 Å². The quantitative estimate of drug-likeness (QED) is 0.567. The lowest BCUT2D eigenvalue weighted by molar-refractivity contribution is -0.124. The summed E-state index contributed by atoms with van der Waals surface area (Å²) in [7, 11) is -3.55. The number of carbonyl (C=O) groups excluding carboxylic acids is 2. The van der Waals surface area contributed by atoms with Crippen molar-refractivity contribution in [1.29, 1.82) is 0 Å². The van der Waals surface area contributed by atoms with E-state index in [9.17, 15) is 18.0 Å². The van der Waals surface area contributed by atoms with Gasteiger partial charge >= 0.3 is 6.03 Å². The number of nitrogens with zero attached hydrogens (tertiary/aromatic N) is 4.